The number of carbonyl (C=O) groups is 1. The third kappa shape index (κ3) is 5.44. The fourth-order valence-corrected chi connectivity index (χ4v) is 4.50. The van der Waals surface area contributed by atoms with Gasteiger partial charge < -0.3 is 24.4 Å². The summed E-state index contributed by atoms with van der Waals surface area (Å²) in [5, 5.41) is 7.80. The Labute approximate surface area is 174 Å². The molecule has 1 N–H and O–H groups in total. The number of piperidine rings is 1. The van der Waals surface area contributed by atoms with E-state index in [0.29, 0.717) is 23.8 Å². The van der Waals surface area contributed by atoms with Gasteiger partial charge in [0, 0.05) is 50.7 Å². The van der Waals surface area contributed by atoms with Crippen LogP contribution < -0.4 is 5.32 Å². The second-order valence-corrected chi connectivity index (χ2v) is 10.2. The van der Waals surface area contributed by atoms with Gasteiger partial charge in [-0.1, -0.05) is 12.1 Å². The minimum absolute atomic E-state index is 0.173. The van der Waals surface area contributed by atoms with E-state index in [1.165, 1.54) is 12.8 Å². The highest BCUT2D eigenvalue weighted by Gasteiger charge is 2.34. The summed E-state index contributed by atoms with van der Waals surface area (Å²) >= 11 is 0. The third-order valence-corrected chi connectivity index (χ3v) is 6.31. The minimum Gasteiger partial charge on any atom is -0.444 e. The van der Waals surface area contributed by atoms with Crippen LogP contribution in [0, 0.1) is 11.8 Å². The Morgan fingerprint density at radius 1 is 1.24 bits per heavy atom. The molecule has 3 fully saturated rings. The molecule has 3 heterocycles. The van der Waals surface area contributed by atoms with E-state index in [-0.39, 0.29) is 6.09 Å². The summed E-state index contributed by atoms with van der Waals surface area (Å²) in [4.78, 5) is 16.7. The van der Waals surface area contributed by atoms with E-state index in [4.69, 9.17) is 9.26 Å². The van der Waals surface area contributed by atoms with Crippen LogP contribution in [-0.4, -0.2) is 65.4 Å². The minimum atomic E-state index is -0.426. The predicted octanol–water partition coefficient (Wildman–Crippen LogP) is 3.93. The van der Waals surface area contributed by atoms with Crippen LogP contribution in [0.3, 0.4) is 0 Å². The molecule has 0 radical (unpaired) electrons. The van der Waals surface area contributed by atoms with Gasteiger partial charge in [0.15, 0.2) is 5.82 Å². The molecular formula is C22H36N4O3. The lowest BCUT2D eigenvalue weighted by Gasteiger charge is -2.34. The molecule has 0 bridgehead atoms. The van der Waals surface area contributed by atoms with Crippen LogP contribution >= 0.6 is 0 Å². The molecule has 1 amide bonds. The van der Waals surface area contributed by atoms with Crippen LogP contribution in [0.1, 0.15) is 65.1 Å². The lowest BCUT2D eigenvalue weighted by Crippen LogP contribution is -2.43. The van der Waals surface area contributed by atoms with Crippen LogP contribution in [0.25, 0.3) is 0 Å². The average molecular weight is 405 g/mol. The van der Waals surface area contributed by atoms with Gasteiger partial charge in [-0.15, -0.1) is 0 Å². The number of nitrogens with one attached hydrogen (secondary N) is 1. The summed E-state index contributed by atoms with van der Waals surface area (Å²) in [5.41, 5.74) is -0.426. The zero-order chi connectivity index (χ0) is 20.6. The maximum atomic E-state index is 12.2. The standard InChI is InChI=1S/C22H36N4O3/c1-15-12-25(14-18(15)23-20-11-19(29-24-20)17-5-6-17)13-16-7-9-26(10-8-16)21(27)28-22(2,3)4/h11,15-18H,5-10,12-14H2,1-4H3,(H,23,24)/t15-,18+/m1/s1. The molecule has 4 rings (SSSR count). The molecule has 162 valence electrons. The molecule has 2 saturated heterocycles. The van der Waals surface area contributed by atoms with Crippen LogP contribution in [-0.2, 0) is 4.74 Å². The Morgan fingerprint density at radius 3 is 2.62 bits per heavy atom. The molecule has 2 atom stereocenters. The predicted molar refractivity (Wildman–Crippen MR) is 112 cm³/mol. The lowest BCUT2D eigenvalue weighted by molar-refractivity contribution is 0.0172. The average Bonchev–Trinajstić information content (AvgIpc) is 3.30. The number of anilines is 1. The molecule has 7 nitrogen and oxygen atoms in total. The van der Waals surface area contributed by atoms with Gasteiger partial charge >= 0.3 is 6.09 Å². The Balaban J connectivity index is 1.21. The second kappa shape index (κ2) is 8.17. The maximum Gasteiger partial charge on any atom is 0.410 e. The third-order valence-electron chi connectivity index (χ3n) is 6.31. The second-order valence-electron chi connectivity index (χ2n) is 10.2. The van der Waals surface area contributed by atoms with E-state index in [1.807, 2.05) is 25.7 Å². The van der Waals surface area contributed by atoms with Crippen molar-refractivity contribution in [3.63, 3.8) is 0 Å². The lowest BCUT2D eigenvalue weighted by atomic mass is 9.96. The maximum absolute atomic E-state index is 12.2. The normalized spacial score (nSPS) is 26.7. The number of ether oxygens (including phenoxy) is 1. The first-order valence-electron chi connectivity index (χ1n) is 11.2. The van der Waals surface area contributed by atoms with Crippen molar-refractivity contribution in [2.75, 3.05) is 38.0 Å². The first-order chi connectivity index (χ1) is 13.8. The van der Waals surface area contributed by atoms with Crippen molar-refractivity contribution in [3.8, 4) is 0 Å². The highest BCUT2D eigenvalue weighted by Crippen LogP contribution is 2.41. The summed E-state index contributed by atoms with van der Waals surface area (Å²) in [6.07, 6.45) is 4.39. The number of rotatable bonds is 5. The van der Waals surface area contributed by atoms with E-state index in [9.17, 15) is 4.79 Å². The molecule has 1 aromatic heterocycles. The molecule has 0 aromatic carbocycles. The number of nitrogens with zero attached hydrogens (tertiary/aromatic N) is 3. The van der Waals surface area contributed by atoms with Crippen molar-refractivity contribution >= 4 is 11.9 Å². The van der Waals surface area contributed by atoms with Crippen molar-refractivity contribution in [1.29, 1.82) is 0 Å². The smallest absolute Gasteiger partial charge is 0.410 e. The molecule has 1 saturated carbocycles. The Morgan fingerprint density at radius 2 is 1.97 bits per heavy atom. The van der Waals surface area contributed by atoms with E-state index in [2.05, 4.69) is 28.4 Å². The first kappa shape index (κ1) is 20.5. The van der Waals surface area contributed by atoms with Crippen LogP contribution in [0.5, 0.6) is 0 Å². The van der Waals surface area contributed by atoms with Gasteiger partial charge in [-0.05, 0) is 58.3 Å². The van der Waals surface area contributed by atoms with Crippen LogP contribution in [0.15, 0.2) is 10.6 Å². The highest BCUT2D eigenvalue weighted by molar-refractivity contribution is 5.68. The quantitative estimate of drug-likeness (QED) is 0.802. The van der Waals surface area contributed by atoms with Crippen LogP contribution in [0.4, 0.5) is 10.6 Å². The van der Waals surface area contributed by atoms with Crippen LogP contribution in [0.2, 0.25) is 0 Å². The summed E-state index contributed by atoms with van der Waals surface area (Å²) < 4.78 is 11.0. The monoisotopic (exact) mass is 404 g/mol. The molecule has 0 unspecified atom stereocenters. The number of likely N-dealkylation sites (tertiary alicyclic amines) is 2. The topological polar surface area (TPSA) is 70.8 Å². The SMILES string of the molecule is C[C@@H]1CN(CC2CCN(C(=O)OC(C)(C)C)CC2)C[C@@H]1Nc1cc(C2CC2)on1. The first-order valence-corrected chi connectivity index (χ1v) is 11.2. The fourth-order valence-electron chi connectivity index (χ4n) is 4.50. The summed E-state index contributed by atoms with van der Waals surface area (Å²) in [6.45, 7) is 12.9. The summed E-state index contributed by atoms with van der Waals surface area (Å²) in [7, 11) is 0. The van der Waals surface area contributed by atoms with Crippen molar-refractivity contribution < 1.29 is 14.1 Å². The Bertz CT molecular complexity index is 701. The van der Waals surface area contributed by atoms with Gasteiger partial charge in [0.1, 0.15) is 11.4 Å². The number of hydrogen-bond acceptors (Lipinski definition) is 6. The number of hydrogen-bond donors (Lipinski definition) is 1. The van der Waals surface area contributed by atoms with Gasteiger partial charge in [0.25, 0.3) is 0 Å². The van der Waals surface area contributed by atoms with Gasteiger partial charge in [-0.25, -0.2) is 4.79 Å². The van der Waals surface area contributed by atoms with Gasteiger partial charge in [-0.2, -0.15) is 0 Å². The van der Waals surface area contributed by atoms with Crippen molar-refractivity contribution in [1.82, 2.24) is 15.0 Å². The highest BCUT2D eigenvalue weighted by atomic mass is 16.6. The number of amides is 1. The molecule has 2 aliphatic heterocycles. The zero-order valence-electron chi connectivity index (χ0n) is 18.3. The summed E-state index contributed by atoms with van der Waals surface area (Å²) in [5.74, 6) is 3.75. The number of carbonyl (C=O) groups excluding carboxylic acids is 1. The van der Waals surface area contributed by atoms with Crippen molar-refractivity contribution in [2.45, 2.75) is 70.9 Å². The summed E-state index contributed by atoms with van der Waals surface area (Å²) in [6, 6.07) is 2.49. The molecular weight excluding hydrogens is 368 g/mol. The zero-order valence-corrected chi connectivity index (χ0v) is 18.3. The van der Waals surface area contributed by atoms with Gasteiger partial charge in [0.2, 0.25) is 0 Å². The van der Waals surface area contributed by atoms with E-state index < -0.39 is 5.60 Å². The molecule has 0 spiro atoms. The molecule has 1 aliphatic carbocycles. The largest absolute Gasteiger partial charge is 0.444 e. The van der Waals surface area contributed by atoms with Gasteiger partial charge in [-0.3, -0.25) is 0 Å². The molecule has 29 heavy (non-hydrogen) atoms. The van der Waals surface area contributed by atoms with Crippen molar-refractivity contribution in [2.24, 2.45) is 11.8 Å². The fraction of sp³-hybridized carbons (Fsp3) is 0.818. The Kier molecular flexibility index (Phi) is 5.78. The van der Waals surface area contributed by atoms with E-state index >= 15 is 0 Å². The molecule has 3 aliphatic rings. The number of aromatic nitrogens is 1. The van der Waals surface area contributed by atoms with E-state index in [1.54, 1.807) is 0 Å². The van der Waals surface area contributed by atoms with E-state index in [0.717, 1.165) is 57.1 Å². The van der Waals surface area contributed by atoms with Gasteiger partial charge in [0.05, 0.1) is 0 Å². The molecule has 7 heteroatoms. The van der Waals surface area contributed by atoms with Crippen molar-refractivity contribution in [3.05, 3.63) is 11.8 Å². The Hall–Kier alpha value is -1.76. The molecule has 1 aromatic rings.